The Kier molecular flexibility index (Phi) is 6.46. The van der Waals surface area contributed by atoms with Crippen LogP contribution in [0.15, 0.2) is 63.3 Å². The number of nitrogens with one attached hydrogen (secondary N) is 1. The number of alkyl halides is 3. The molecule has 5 rings (SSSR count). The lowest BCUT2D eigenvalue weighted by atomic mass is 9.94. The molecule has 1 spiro atoms. The number of sulfone groups is 1. The number of aryl methyl sites for hydroxylation is 1. The average molecular weight is 610 g/mol. The van der Waals surface area contributed by atoms with E-state index < -0.39 is 67.5 Å². The number of fused-ring (bicyclic) bond motifs is 1. The number of hydrogen-bond acceptors (Lipinski definition) is 6. The summed E-state index contributed by atoms with van der Waals surface area (Å²) in [5, 5.41) is -0.479. The number of para-hydroxylation sites is 1. The SMILES string of the molecule is Cn1c(S(=O)(=O)N2CCC3(CC2)C[C@@H]3NS(=O)(=O)C(F)(F)F)c(S(=O)(=O)c2ccccc2F)c2ccccc21. The van der Waals surface area contributed by atoms with Gasteiger partial charge in [-0.3, -0.25) is 0 Å². The Labute approximate surface area is 222 Å². The Hall–Kier alpha value is -2.53. The van der Waals surface area contributed by atoms with Crippen LogP contribution in [0.2, 0.25) is 0 Å². The van der Waals surface area contributed by atoms with Gasteiger partial charge < -0.3 is 4.57 Å². The van der Waals surface area contributed by atoms with Crippen molar-refractivity contribution in [2.24, 2.45) is 12.5 Å². The van der Waals surface area contributed by atoms with E-state index in [0.29, 0.717) is 0 Å². The third kappa shape index (κ3) is 4.45. The highest BCUT2D eigenvalue weighted by Crippen LogP contribution is 2.55. The van der Waals surface area contributed by atoms with E-state index in [1.165, 1.54) is 41.9 Å². The first-order valence-electron chi connectivity index (χ1n) is 11.7. The molecule has 1 aliphatic carbocycles. The summed E-state index contributed by atoms with van der Waals surface area (Å²) in [6.07, 6.45) is 0.254. The average Bonchev–Trinajstić information content (AvgIpc) is 3.38. The van der Waals surface area contributed by atoms with Gasteiger partial charge in [-0.1, -0.05) is 30.3 Å². The molecule has 1 atom stereocenters. The van der Waals surface area contributed by atoms with E-state index >= 15 is 0 Å². The van der Waals surface area contributed by atoms with Gasteiger partial charge in [0.1, 0.15) is 15.6 Å². The van der Waals surface area contributed by atoms with Crippen LogP contribution in [-0.4, -0.2) is 58.8 Å². The molecule has 1 aliphatic heterocycles. The third-order valence-corrected chi connectivity index (χ3v) is 12.7. The first kappa shape index (κ1) is 28.0. The molecule has 212 valence electrons. The highest BCUT2D eigenvalue weighted by atomic mass is 32.2. The van der Waals surface area contributed by atoms with E-state index in [0.717, 1.165) is 16.4 Å². The van der Waals surface area contributed by atoms with Crippen molar-refractivity contribution in [2.75, 3.05) is 13.1 Å². The maximum Gasteiger partial charge on any atom is 0.511 e. The van der Waals surface area contributed by atoms with Gasteiger partial charge in [0.25, 0.3) is 10.0 Å². The molecular weight excluding hydrogens is 586 g/mol. The van der Waals surface area contributed by atoms with Gasteiger partial charge in [-0.25, -0.2) is 34.4 Å². The third-order valence-electron chi connectivity index (χ3n) is 7.50. The zero-order valence-electron chi connectivity index (χ0n) is 20.3. The van der Waals surface area contributed by atoms with Crippen molar-refractivity contribution < 1.29 is 42.8 Å². The van der Waals surface area contributed by atoms with Gasteiger partial charge in [0.15, 0.2) is 5.03 Å². The van der Waals surface area contributed by atoms with Crippen molar-refractivity contribution in [3.8, 4) is 0 Å². The predicted molar refractivity (Wildman–Crippen MR) is 132 cm³/mol. The molecule has 1 aromatic heterocycles. The van der Waals surface area contributed by atoms with Crippen molar-refractivity contribution >= 4 is 40.8 Å². The van der Waals surface area contributed by atoms with Gasteiger partial charge >= 0.3 is 15.5 Å². The lowest BCUT2D eigenvalue weighted by molar-refractivity contribution is -0.0449. The van der Waals surface area contributed by atoms with Crippen LogP contribution in [-0.2, 0) is 36.9 Å². The highest BCUT2D eigenvalue weighted by molar-refractivity contribution is 7.93. The molecule has 2 fully saturated rings. The summed E-state index contributed by atoms with van der Waals surface area (Å²) < 4.78 is 135. The molecule has 1 saturated heterocycles. The molecule has 2 aliphatic rings. The first-order chi connectivity index (χ1) is 18.0. The zero-order valence-corrected chi connectivity index (χ0v) is 22.8. The van der Waals surface area contributed by atoms with Gasteiger partial charge in [-0.2, -0.15) is 17.5 Å². The molecule has 39 heavy (non-hydrogen) atoms. The van der Waals surface area contributed by atoms with Crippen LogP contribution in [0.5, 0.6) is 0 Å². The fraction of sp³-hybridized carbons (Fsp3) is 0.391. The molecule has 2 heterocycles. The second kappa shape index (κ2) is 8.99. The molecule has 3 aromatic rings. The quantitative estimate of drug-likeness (QED) is 0.429. The minimum Gasteiger partial charge on any atom is -0.332 e. The number of halogens is 4. The van der Waals surface area contributed by atoms with Crippen LogP contribution in [0.25, 0.3) is 10.9 Å². The van der Waals surface area contributed by atoms with Crippen LogP contribution in [0.1, 0.15) is 19.3 Å². The Balaban J connectivity index is 1.51. The number of hydrogen-bond donors (Lipinski definition) is 1. The number of piperidine rings is 1. The Morgan fingerprint density at radius 3 is 2.13 bits per heavy atom. The lowest BCUT2D eigenvalue weighted by Crippen LogP contribution is -2.44. The summed E-state index contributed by atoms with van der Waals surface area (Å²) in [5.41, 5.74) is -6.01. The Bertz CT molecular complexity index is 1790. The zero-order chi connectivity index (χ0) is 28.6. The second-order valence-electron chi connectivity index (χ2n) is 9.73. The first-order valence-corrected chi connectivity index (χ1v) is 16.1. The van der Waals surface area contributed by atoms with Crippen molar-refractivity contribution in [3.05, 3.63) is 54.3 Å². The number of benzene rings is 2. The Morgan fingerprint density at radius 2 is 1.51 bits per heavy atom. The van der Waals surface area contributed by atoms with E-state index in [-0.39, 0.29) is 43.3 Å². The summed E-state index contributed by atoms with van der Waals surface area (Å²) in [6, 6.07) is 9.71. The van der Waals surface area contributed by atoms with E-state index in [9.17, 15) is 42.8 Å². The summed E-state index contributed by atoms with van der Waals surface area (Å²) in [4.78, 5) is -1.26. The van der Waals surface area contributed by atoms with Gasteiger partial charge in [0, 0.05) is 31.6 Å². The van der Waals surface area contributed by atoms with Gasteiger partial charge in [0.2, 0.25) is 9.84 Å². The smallest absolute Gasteiger partial charge is 0.332 e. The van der Waals surface area contributed by atoms with Crippen molar-refractivity contribution in [1.82, 2.24) is 13.6 Å². The standard InChI is InChI=1S/C23H23F4N3O6S3/c1-29-17-8-4-2-6-15(17)20(37(31,32)18-9-5-3-7-16(18)24)21(29)38(33,34)30-12-10-22(11-13-30)14-19(22)28-39(35,36)23(25,26)27/h2-9,19,28H,10-14H2,1H3/t19-/m0/s1. The fourth-order valence-electron chi connectivity index (χ4n) is 5.27. The van der Waals surface area contributed by atoms with Crippen molar-refractivity contribution in [2.45, 2.75) is 45.6 Å². The molecule has 0 bridgehead atoms. The van der Waals surface area contributed by atoms with E-state index in [1.54, 1.807) is 10.8 Å². The largest absolute Gasteiger partial charge is 0.511 e. The van der Waals surface area contributed by atoms with E-state index in [2.05, 4.69) is 0 Å². The maximum absolute atomic E-state index is 14.6. The van der Waals surface area contributed by atoms with E-state index in [4.69, 9.17) is 0 Å². The van der Waals surface area contributed by atoms with Crippen molar-refractivity contribution in [3.63, 3.8) is 0 Å². The molecule has 0 unspecified atom stereocenters. The number of aromatic nitrogens is 1. The summed E-state index contributed by atoms with van der Waals surface area (Å²) in [5.74, 6) is -1.05. The second-order valence-corrected chi connectivity index (χ2v) is 15.1. The van der Waals surface area contributed by atoms with Crippen molar-refractivity contribution in [1.29, 1.82) is 0 Å². The number of rotatable bonds is 6. The summed E-state index contributed by atoms with van der Waals surface area (Å²) >= 11 is 0. The van der Waals surface area contributed by atoms with Gasteiger partial charge in [-0.15, -0.1) is 0 Å². The van der Waals surface area contributed by atoms with Gasteiger partial charge in [0.05, 0.1) is 5.52 Å². The maximum atomic E-state index is 14.6. The molecule has 1 saturated carbocycles. The minimum atomic E-state index is -5.55. The van der Waals surface area contributed by atoms with Crippen LogP contribution in [0.4, 0.5) is 17.6 Å². The van der Waals surface area contributed by atoms with Crippen LogP contribution >= 0.6 is 0 Å². The molecule has 0 amide bonds. The molecule has 16 heteroatoms. The lowest BCUT2D eigenvalue weighted by Gasteiger charge is -2.32. The minimum absolute atomic E-state index is 0.0661. The molecular formula is C23H23F4N3O6S3. The Morgan fingerprint density at radius 1 is 0.923 bits per heavy atom. The predicted octanol–water partition coefficient (Wildman–Crippen LogP) is 3.13. The number of nitrogens with zero attached hydrogens (tertiary/aromatic N) is 2. The highest BCUT2D eigenvalue weighted by Gasteiger charge is 2.60. The molecule has 0 radical (unpaired) electrons. The monoisotopic (exact) mass is 609 g/mol. The fourth-order valence-corrected chi connectivity index (χ4v) is 10.1. The summed E-state index contributed by atoms with van der Waals surface area (Å²) in [6.45, 7) is -0.347. The summed E-state index contributed by atoms with van der Waals surface area (Å²) in [7, 11) is -13.3. The molecule has 2 aromatic carbocycles. The van der Waals surface area contributed by atoms with Crippen LogP contribution in [0, 0.1) is 11.2 Å². The topological polar surface area (TPSA) is 123 Å². The molecule has 1 N–H and O–H groups in total. The molecule has 9 nitrogen and oxygen atoms in total. The number of sulfonamides is 2. The van der Waals surface area contributed by atoms with E-state index in [1.807, 2.05) is 0 Å². The van der Waals surface area contributed by atoms with Crippen LogP contribution < -0.4 is 4.72 Å². The normalized spacial score (nSPS) is 20.5. The van der Waals surface area contributed by atoms with Gasteiger partial charge in [-0.05, 0) is 42.9 Å². The van der Waals surface area contributed by atoms with Crippen LogP contribution in [0.3, 0.4) is 0 Å².